The first-order valence-corrected chi connectivity index (χ1v) is 8.50. The Bertz CT molecular complexity index is 552. The third-order valence-corrected chi connectivity index (χ3v) is 4.79. The zero-order valence-electron chi connectivity index (χ0n) is 15.3. The van der Waals surface area contributed by atoms with Crippen LogP contribution >= 0.6 is 0 Å². The first kappa shape index (κ1) is 18.7. The summed E-state index contributed by atoms with van der Waals surface area (Å²) in [6.45, 7) is 7.58. The SMILES string of the molecule is COCCN(CC1(C)CCOCC1)C(=O)c1ccc(OC)cc1C. The minimum atomic E-state index is 0.0555. The summed E-state index contributed by atoms with van der Waals surface area (Å²) < 4.78 is 15.9. The number of rotatable bonds is 7. The highest BCUT2D eigenvalue weighted by Gasteiger charge is 2.32. The maximum absolute atomic E-state index is 13.1. The van der Waals surface area contributed by atoms with Crippen molar-refractivity contribution in [1.29, 1.82) is 0 Å². The summed E-state index contributed by atoms with van der Waals surface area (Å²) in [7, 11) is 3.30. The molecule has 1 aromatic rings. The maximum atomic E-state index is 13.1. The van der Waals surface area contributed by atoms with Crippen LogP contribution in [-0.4, -0.2) is 57.9 Å². The Balaban J connectivity index is 2.18. The number of benzene rings is 1. The Morgan fingerprint density at radius 3 is 2.58 bits per heavy atom. The van der Waals surface area contributed by atoms with Crippen LogP contribution in [0, 0.1) is 12.3 Å². The van der Waals surface area contributed by atoms with Crippen LogP contribution < -0.4 is 4.74 Å². The molecule has 134 valence electrons. The molecule has 1 aromatic carbocycles. The van der Waals surface area contributed by atoms with Crippen molar-refractivity contribution in [3.8, 4) is 5.75 Å². The fourth-order valence-electron chi connectivity index (χ4n) is 3.11. The fourth-order valence-corrected chi connectivity index (χ4v) is 3.11. The normalized spacial score (nSPS) is 16.7. The Hall–Kier alpha value is -1.59. The van der Waals surface area contributed by atoms with Gasteiger partial charge in [-0.3, -0.25) is 4.79 Å². The van der Waals surface area contributed by atoms with Gasteiger partial charge in [-0.05, 0) is 48.9 Å². The van der Waals surface area contributed by atoms with E-state index in [1.165, 1.54) is 0 Å². The van der Waals surface area contributed by atoms with Gasteiger partial charge in [-0.25, -0.2) is 0 Å². The molecule has 1 heterocycles. The predicted molar refractivity (Wildman–Crippen MR) is 93.7 cm³/mol. The monoisotopic (exact) mass is 335 g/mol. The molecule has 1 amide bonds. The number of hydrogen-bond donors (Lipinski definition) is 0. The number of carbonyl (C=O) groups excluding carboxylic acids is 1. The number of carbonyl (C=O) groups is 1. The zero-order chi connectivity index (χ0) is 17.6. The van der Waals surface area contributed by atoms with Crippen molar-refractivity contribution >= 4 is 5.91 Å². The predicted octanol–water partition coefficient (Wildman–Crippen LogP) is 2.91. The second-order valence-electron chi connectivity index (χ2n) is 6.82. The Morgan fingerprint density at radius 1 is 1.29 bits per heavy atom. The molecular formula is C19H29NO4. The van der Waals surface area contributed by atoms with Gasteiger partial charge in [-0.1, -0.05) is 6.92 Å². The van der Waals surface area contributed by atoms with E-state index in [0.29, 0.717) is 13.2 Å². The van der Waals surface area contributed by atoms with Crippen molar-refractivity contribution in [3.63, 3.8) is 0 Å². The molecule has 0 saturated carbocycles. The molecule has 0 bridgehead atoms. The molecule has 5 nitrogen and oxygen atoms in total. The molecule has 0 unspecified atom stereocenters. The molecule has 2 rings (SSSR count). The summed E-state index contributed by atoms with van der Waals surface area (Å²) in [4.78, 5) is 15.0. The summed E-state index contributed by atoms with van der Waals surface area (Å²) in [6.07, 6.45) is 1.96. The lowest BCUT2D eigenvalue weighted by atomic mass is 9.81. The van der Waals surface area contributed by atoms with E-state index in [4.69, 9.17) is 14.2 Å². The van der Waals surface area contributed by atoms with Gasteiger partial charge in [0.1, 0.15) is 5.75 Å². The van der Waals surface area contributed by atoms with Crippen LogP contribution in [0.1, 0.15) is 35.7 Å². The average Bonchev–Trinajstić information content (AvgIpc) is 2.58. The van der Waals surface area contributed by atoms with Gasteiger partial charge in [0.2, 0.25) is 0 Å². The van der Waals surface area contributed by atoms with E-state index in [0.717, 1.165) is 49.5 Å². The number of nitrogens with zero attached hydrogens (tertiary/aromatic N) is 1. The second-order valence-corrected chi connectivity index (χ2v) is 6.82. The number of aryl methyl sites for hydroxylation is 1. The van der Waals surface area contributed by atoms with Gasteiger partial charge in [-0.2, -0.15) is 0 Å². The molecule has 5 heteroatoms. The van der Waals surface area contributed by atoms with Gasteiger partial charge in [0.05, 0.1) is 13.7 Å². The molecule has 1 fully saturated rings. The maximum Gasteiger partial charge on any atom is 0.254 e. The molecule has 0 aliphatic carbocycles. The molecule has 0 atom stereocenters. The Kier molecular flexibility index (Phi) is 6.63. The van der Waals surface area contributed by atoms with E-state index in [2.05, 4.69) is 6.92 Å². The lowest BCUT2D eigenvalue weighted by Crippen LogP contribution is -2.44. The van der Waals surface area contributed by atoms with E-state index >= 15 is 0 Å². The van der Waals surface area contributed by atoms with Crippen LogP contribution in [0.4, 0.5) is 0 Å². The van der Waals surface area contributed by atoms with E-state index < -0.39 is 0 Å². The summed E-state index contributed by atoms with van der Waals surface area (Å²) in [5, 5.41) is 0. The Labute approximate surface area is 144 Å². The third kappa shape index (κ3) is 4.71. The second kappa shape index (κ2) is 8.49. The van der Waals surface area contributed by atoms with Gasteiger partial charge in [0, 0.05) is 39.0 Å². The van der Waals surface area contributed by atoms with Crippen LogP contribution in [-0.2, 0) is 9.47 Å². The minimum absolute atomic E-state index is 0.0555. The quantitative estimate of drug-likeness (QED) is 0.769. The molecule has 24 heavy (non-hydrogen) atoms. The molecule has 0 N–H and O–H groups in total. The highest BCUT2D eigenvalue weighted by molar-refractivity contribution is 5.95. The van der Waals surface area contributed by atoms with Gasteiger partial charge in [0.25, 0.3) is 5.91 Å². The average molecular weight is 335 g/mol. The van der Waals surface area contributed by atoms with Gasteiger partial charge < -0.3 is 19.1 Å². The number of methoxy groups -OCH3 is 2. The van der Waals surface area contributed by atoms with Crippen molar-refractivity contribution in [2.45, 2.75) is 26.7 Å². The van der Waals surface area contributed by atoms with Gasteiger partial charge >= 0.3 is 0 Å². The van der Waals surface area contributed by atoms with E-state index in [9.17, 15) is 4.79 Å². The van der Waals surface area contributed by atoms with Crippen molar-refractivity contribution in [2.24, 2.45) is 5.41 Å². The lowest BCUT2D eigenvalue weighted by molar-refractivity contribution is 0.00272. The number of ether oxygens (including phenoxy) is 3. The summed E-state index contributed by atoms with van der Waals surface area (Å²) in [5.74, 6) is 0.823. The highest BCUT2D eigenvalue weighted by atomic mass is 16.5. The first-order valence-electron chi connectivity index (χ1n) is 8.50. The molecule has 1 saturated heterocycles. The molecule has 0 radical (unpaired) electrons. The fraction of sp³-hybridized carbons (Fsp3) is 0.632. The Morgan fingerprint density at radius 2 is 2.00 bits per heavy atom. The molecule has 1 aliphatic heterocycles. The van der Waals surface area contributed by atoms with E-state index in [-0.39, 0.29) is 11.3 Å². The van der Waals surface area contributed by atoms with E-state index in [1.807, 2.05) is 30.0 Å². The van der Waals surface area contributed by atoms with Crippen LogP contribution in [0.2, 0.25) is 0 Å². The van der Waals surface area contributed by atoms with Crippen molar-refractivity contribution in [2.75, 3.05) is 47.1 Å². The van der Waals surface area contributed by atoms with Gasteiger partial charge in [-0.15, -0.1) is 0 Å². The zero-order valence-corrected chi connectivity index (χ0v) is 15.3. The van der Waals surface area contributed by atoms with Crippen LogP contribution in [0.25, 0.3) is 0 Å². The minimum Gasteiger partial charge on any atom is -0.497 e. The smallest absolute Gasteiger partial charge is 0.254 e. The standard InChI is InChI=1S/C19H29NO4/c1-15-13-16(23-4)5-6-17(15)18(21)20(9-12-22-3)14-19(2)7-10-24-11-8-19/h5-6,13H,7-12,14H2,1-4H3. The summed E-state index contributed by atoms with van der Waals surface area (Å²) >= 11 is 0. The molecule has 1 aliphatic rings. The number of hydrogen-bond acceptors (Lipinski definition) is 4. The number of amides is 1. The molecule has 0 aromatic heterocycles. The largest absolute Gasteiger partial charge is 0.497 e. The van der Waals surface area contributed by atoms with Crippen molar-refractivity contribution in [3.05, 3.63) is 29.3 Å². The van der Waals surface area contributed by atoms with Crippen LogP contribution in [0.15, 0.2) is 18.2 Å². The summed E-state index contributed by atoms with van der Waals surface area (Å²) in [6, 6.07) is 5.59. The third-order valence-electron chi connectivity index (χ3n) is 4.79. The molecule has 0 spiro atoms. The highest BCUT2D eigenvalue weighted by Crippen LogP contribution is 2.31. The first-order chi connectivity index (χ1) is 11.5. The van der Waals surface area contributed by atoms with Gasteiger partial charge in [0.15, 0.2) is 0 Å². The topological polar surface area (TPSA) is 48.0 Å². The van der Waals surface area contributed by atoms with Crippen molar-refractivity contribution < 1.29 is 19.0 Å². The molecular weight excluding hydrogens is 306 g/mol. The van der Waals surface area contributed by atoms with E-state index in [1.54, 1.807) is 14.2 Å². The van der Waals surface area contributed by atoms with Crippen molar-refractivity contribution in [1.82, 2.24) is 4.90 Å². The van der Waals surface area contributed by atoms with Crippen LogP contribution in [0.3, 0.4) is 0 Å². The lowest BCUT2D eigenvalue weighted by Gasteiger charge is -2.38. The van der Waals surface area contributed by atoms with Crippen LogP contribution in [0.5, 0.6) is 5.75 Å². The summed E-state index contributed by atoms with van der Waals surface area (Å²) in [5.41, 5.74) is 1.75.